The third-order valence-corrected chi connectivity index (χ3v) is 8.32. The third-order valence-electron chi connectivity index (χ3n) is 6.78. The van der Waals surface area contributed by atoms with Crippen LogP contribution in [-0.4, -0.2) is 56.6 Å². The van der Waals surface area contributed by atoms with Gasteiger partial charge < -0.3 is 20.6 Å². The van der Waals surface area contributed by atoms with Crippen LogP contribution < -0.4 is 10.6 Å². The summed E-state index contributed by atoms with van der Waals surface area (Å²) >= 11 is 1.55. The van der Waals surface area contributed by atoms with Crippen molar-refractivity contribution in [3.8, 4) is 0 Å². The highest BCUT2D eigenvalue weighted by Gasteiger charge is 2.57. The van der Waals surface area contributed by atoms with Crippen molar-refractivity contribution >= 4 is 35.5 Å². The molecule has 0 radical (unpaired) electrons. The number of fused-ring (bicyclic) bond motifs is 3. The molecule has 0 saturated carbocycles. The maximum Gasteiger partial charge on any atom is 0.326 e. The van der Waals surface area contributed by atoms with Crippen molar-refractivity contribution in [3.05, 3.63) is 71.3 Å². The number of carbonyl (C=O) groups is 4. The lowest BCUT2D eigenvalue weighted by molar-refractivity contribution is -0.142. The lowest BCUT2D eigenvalue weighted by atomic mass is 9.98. The quantitative estimate of drug-likeness (QED) is 0.464. The molecule has 37 heavy (non-hydrogen) atoms. The summed E-state index contributed by atoms with van der Waals surface area (Å²) in [6, 6.07) is 13.6. The Hall–Kier alpha value is -3.33. The van der Waals surface area contributed by atoms with Crippen molar-refractivity contribution in [2.45, 2.75) is 68.8 Å². The second-order valence-electron chi connectivity index (χ2n) is 10.6. The number of carboxylic acid groups (broad SMARTS) is 1. The van der Waals surface area contributed by atoms with Crippen molar-refractivity contribution in [1.82, 2.24) is 15.5 Å². The molecule has 4 atom stereocenters. The minimum Gasteiger partial charge on any atom is -0.480 e. The Morgan fingerprint density at radius 3 is 2.30 bits per heavy atom. The summed E-state index contributed by atoms with van der Waals surface area (Å²) in [7, 11) is 0. The van der Waals surface area contributed by atoms with Crippen LogP contribution in [0.4, 0.5) is 0 Å². The number of rotatable bonds is 9. The van der Waals surface area contributed by atoms with Crippen LogP contribution in [0, 0.1) is 5.92 Å². The first-order valence-electron chi connectivity index (χ1n) is 12.5. The molecule has 1 fully saturated rings. The van der Waals surface area contributed by atoms with Gasteiger partial charge in [0.1, 0.15) is 23.5 Å². The summed E-state index contributed by atoms with van der Waals surface area (Å²) in [5.41, 5.74) is 2.26. The normalized spacial score (nSPS) is 21.2. The molecule has 2 aromatic rings. The zero-order chi connectivity index (χ0) is 26.9. The minimum atomic E-state index is -1.15. The van der Waals surface area contributed by atoms with Gasteiger partial charge in [-0.05, 0) is 43.4 Å². The SMILES string of the molecule is CC(C)C[C@H](NC(=O)[C@H]1N2C(=O)c3ccccc3C2SC1(C)C)C(=O)N[C@@H](Cc1ccccc1)C(=O)O. The summed E-state index contributed by atoms with van der Waals surface area (Å²) in [5.74, 6) is -2.26. The average Bonchev–Trinajstić information content (AvgIpc) is 3.27. The van der Waals surface area contributed by atoms with E-state index in [1.807, 2.05) is 58.0 Å². The predicted octanol–water partition coefficient (Wildman–Crippen LogP) is 3.38. The van der Waals surface area contributed by atoms with Gasteiger partial charge in [0.25, 0.3) is 5.91 Å². The van der Waals surface area contributed by atoms with Crippen molar-refractivity contribution in [3.63, 3.8) is 0 Å². The standard InChI is InChI=1S/C28H33N3O5S/c1-16(2)14-20(23(32)30-21(27(35)36)15-17-10-6-5-7-11-17)29-24(33)22-28(3,4)37-26-19-13-9-8-12-18(19)25(34)31(22)26/h5-13,16,20-22,26H,14-15H2,1-4H3,(H,29,33)(H,30,32)(H,35,36)/t20-,21-,22+,26?/m0/s1. The number of thioether (sulfide) groups is 1. The van der Waals surface area contributed by atoms with Crippen molar-refractivity contribution < 1.29 is 24.3 Å². The van der Waals surface area contributed by atoms with Gasteiger partial charge in [0.15, 0.2) is 0 Å². The average molecular weight is 524 g/mol. The first kappa shape index (κ1) is 26.7. The highest BCUT2D eigenvalue weighted by atomic mass is 32.2. The van der Waals surface area contributed by atoms with Crippen LogP contribution in [0.15, 0.2) is 54.6 Å². The molecular weight excluding hydrogens is 490 g/mol. The van der Waals surface area contributed by atoms with Gasteiger partial charge in [0.2, 0.25) is 11.8 Å². The van der Waals surface area contributed by atoms with E-state index in [1.165, 1.54) is 0 Å². The Morgan fingerprint density at radius 2 is 1.65 bits per heavy atom. The molecule has 196 valence electrons. The van der Waals surface area contributed by atoms with Crippen molar-refractivity contribution in [2.75, 3.05) is 0 Å². The van der Waals surface area contributed by atoms with Gasteiger partial charge in [0, 0.05) is 16.7 Å². The number of amides is 3. The van der Waals surface area contributed by atoms with Crippen LogP contribution in [0.25, 0.3) is 0 Å². The summed E-state index contributed by atoms with van der Waals surface area (Å²) in [6.07, 6.45) is 0.450. The molecule has 0 aromatic heterocycles. The van der Waals surface area contributed by atoms with Gasteiger partial charge in [0.05, 0.1) is 0 Å². The molecule has 3 amide bonds. The Kier molecular flexibility index (Phi) is 7.64. The zero-order valence-electron chi connectivity index (χ0n) is 21.4. The molecule has 8 nitrogen and oxygen atoms in total. The Bertz CT molecular complexity index is 1200. The van der Waals surface area contributed by atoms with Crippen molar-refractivity contribution in [2.24, 2.45) is 5.92 Å². The molecular formula is C28H33N3O5S. The summed E-state index contributed by atoms with van der Waals surface area (Å²) in [4.78, 5) is 53.8. The molecule has 0 spiro atoms. The molecule has 9 heteroatoms. The smallest absolute Gasteiger partial charge is 0.326 e. The number of nitrogens with one attached hydrogen (secondary N) is 2. The fourth-order valence-corrected chi connectivity index (χ4v) is 6.67. The lowest BCUT2D eigenvalue weighted by Crippen LogP contribution is -2.58. The van der Waals surface area contributed by atoms with Gasteiger partial charge in [-0.2, -0.15) is 0 Å². The molecule has 2 aliphatic heterocycles. The monoisotopic (exact) mass is 523 g/mol. The summed E-state index contributed by atoms with van der Waals surface area (Å²) < 4.78 is -0.590. The number of aliphatic carboxylic acids is 1. The largest absolute Gasteiger partial charge is 0.480 e. The van der Waals surface area contributed by atoms with Crippen LogP contribution in [0.5, 0.6) is 0 Å². The van der Waals surface area contributed by atoms with Crippen LogP contribution >= 0.6 is 11.8 Å². The molecule has 0 aliphatic carbocycles. The summed E-state index contributed by atoms with van der Waals surface area (Å²) in [5, 5.41) is 14.9. The predicted molar refractivity (Wildman–Crippen MR) is 142 cm³/mol. The molecule has 1 unspecified atom stereocenters. The highest BCUT2D eigenvalue weighted by molar-refractivity contribution is 8.01. The van der Waals surface area contributed by atoms with E-state index in [2.05, 4.69) is 10.6 Å². The molecule has 2 heterocycles. The topological polar surface area (TPSA) is 116 Å². The van der Waals surface area contributed by atoms with Gasteiger partial charge >= 0.3 is 5.97 Å². The van der Waals surface area contributed by atoms with E-state index in [-0.39, 0.29) is 23.6 Å². The van der Waals surface area contributed by atoms with Gasteiger partial charge in [-0.25, -0.2) is 4.79 Å². The lowest BCUT2D eigenvalue weighted by Gasteiger charge is -2.31. The van der Waals surface area contributed by atoms with Crippen LogP contribution in [-0.2, 0) is 20.8 Å². The first-order valence-corrected chi connectivity index (χ1v) is 13.3. The van der Waals surface area contributed by atoms with E-state index in [4.69, 9.17) is 0 Å². The van der Waals surface area contributed by atoms with E-state index >= 15 is 0 Å². The van der Waals surface area contributed by atoms with Crippen LogP contribution in [0.3, 0.4) is 0 Å². The van der Waals surface area contributed by atoms with E-state index in [0.29, 0.717) is 12.0 Å². The van der Waals surface area contributed by atoms with Gasteiger partial charge in [-0.3, -0.25) is 14.4 Å². The van der Waals surface area contributed by atoms with Gasteiger partial charge in [-0.15, -0.1) is 11.8 Å². The van der Waals surface area contributed by atoms with Crippen molar-refractivity contribution in [1.29, 1.82) is 0 Å². The Labute approximate surface area is 221 Å². The van der Waals surface area contributed by atoms with Gasteiger partial charge in [-0.1, -0.05) is 62.4 Å². The minimum absolute atomic E-state index is 0.0600. The number of benzene rings is 2. The maximum atomic E-state index is 13.7. The van der Waals surface area contributed by atoms with E-state index in [1.54, 1.807) is 40.9 Å². The molecule has 4 rings (SSSR count). The number of carbonyl (C=O) groups excluding carboxylic acids is 3. The Balaban J connectivity index is 1.53. The van der Waals surface area contributed by atoms with Crippen LogP contribution in [0.2, 0.25) is 0 Å². The first-order chi connectivity index (χ1) is 17.5. The second-order valence-corrected chi connectivity index (χ2v) is 12.3. The molecule has 2 aromatic carbocycles. The second kappa shape index (κ2) is 10.6. The zero-order valence-corrected chi connectivity index (χ0v) is 22.2. The highest BCUT2D eigenvalue weighted by Crippen LogP contribution is 2.56. The number of hydrogen-bond acceptors (Lipinski definition) is 5. The number of carboxylic acids is 1. The molecule has 0 bridgehead atoms. The Morgan fingerprint density at radius 1 is 1.00 bits per heavy atom. The van der Waals surface area contributed by atoms with E-state index in [9.17, 15) is 24.3 Å². The fraction of sp³-hybridized carbons (Fsp3) is 0.429. The summed E-state index contributed by atoms with van der Waals surface area (Å²) in [6.45, 7) is 7.70. The maximum absolute atomic E-state index is 13.7. The van der Waals surface area contributed by atoms with E-state index < -0.39 is 40.7 Å². The molecule has 2 aliphatic rings. The fourth-order valence-electron chi connectivity index (χ4n) is 5.08. The molecule has 3 N–H and O–H groups in total. The molecule has 1 saturated heterocycles. The number of hydrogen-bond donors (Lipinski definition) is 3. The number of nitrogens with zero attached hydrogens (tertiary/aromatic N) is 1. The van der Waals surface area contributed by atoms with Crippen LogP contribution in [0.1, 0.15) is 61.0 Å². The van der Waals surface area contributed by atoms with E-state index in [0.717, 1.165) is 11.1 Å². The third kappa shape index (κ3) is 5.51.